The first kappa shape index (κ1) is 8.15. The summed E-state index contributed by atoms with van der Waals surface area (Å²) in [6.07, 6.45) is 3.94. The zero-order valence-corrected chi connectivity index (χ0v) is 5.98. The molecule has 0 bridgehead atoms. The zero-order valence-electron chi connectivity index (χ0n) is 5.98. The molecule has 0 N–H and O–H groups in total. The number of rotatable bonds is 3. The van der Waals surface area contributed by atoms with Crippen LogP contribution in [-0.4, -0.2) is 5.78 Å². The normalized spacial score (nSPS) is 11.1. The lowest BCUT2D eigenvalue weighted by molar-refractivity contribution is -0.115. The predicted octanol–water partition coefficient (Wildman–Crippen LogP) is 2.10. The number of hydrogen-bond acceptors (Lipinski definition) is 1. The number of carbonyl (C=O) groups excluding carboxylic acids is 1. The monoisotopic (exact) mass is 124 g/mol. The summed E-state index contributed by atoms with van der Waals surface area (Å²) in [6, 6.07) is 0. The fourth-order valence-electron chi connectivity index (χ4n) is 0.549. The molecule has 0 amide bonds. The minimum Gasteiger partial charge on any atom is -0.295 e. The molecule has 9 heavy (non-hydrogen) atoms. The van der Waals surface area contributed by atoms with Crippen molar-refractivity contribution in [3.05, 3.63) is 24.3 Å². The molecule has 1 heteroatoms. The first-order valence-electron chi connectivity index (χ1n) is 3.05. The maximum atomic E-state index is 10.8. The largest absolute Gasteiger partial charge is 0.295 e. The van der Waals surface area contributed by atoms with Crippen LogP contribution >= 0.6 is 0 Å². The number of carbonyl (C=O) groups is 1. The van der Waals surface area contributed by atoms with E-state index in [-0.39, 0.29) is 5.78 Å². The molecule has 0 aliphatic heterocycles. The Morgan fingerprint density at radius 1 is 1.67 bits per heavy atom. The van der Waals surface area contributed by atoms with Crippen molar-refractivity contribution in [3.63, 3.8) is 0 Å². The Balaban J connectivity index is 4.01. The third-order valence-electron chi connectivity index (χ3n) is 1.13. The number of allylic oxidation sites excluding steroid dienone is 3. The third kappa shape index (κ3) is 2.85. The summed E-state index contributed by atoms with van der Waals surface area (Å²) in [5, 5.41) is 0. The van der Waals surface area contributed by atoms with Gasteiger partial charge in [0.2, 0.25) is 0 Å². The van der Waals surface area contributed by atoms with Crippen molar-refractivity contribution in [3.8, 4) is 0 Å². The van der Waals surface area contributed by atoms with E-state index in [2.05, 4.69) is 6.58 Å². The first-order valence-corrected chi connectivity index (χ1v) is 3.05. The SMILES string of the molecule is C=CC=C(C)C(=O)CC. The van der Waals surface area contributed by atoms with Crippen LogP contribution in [0.25, 0.3) is 0 Å². The summed E-state index contributed by atoms with van der Waals surface area (Å²) >= 11 is 0. The predicted molar refractivity (Wildman–Crippen MR) is 39.3 cm³/mol. The van der Waals surface area contributed by atoms with Crippen molar-refractivity contribution < 1.29 is 4.79 Å². The van der Waals surface area contributed by atoms with Crippen LogP contribution in [0.5, 0.6) is 0 Å². The molecule has 0 aromatic rings. The lowest BCUT2D eigenvalue weighted by Gasteiger charge is -1.91. The Bertz CT molecular complexity index is 143. The Kier molecular flexibility index (Phi) is 3.69. The fourth-order valence-corrected chi connectivity index (χ4v) is 0.549. The molecule has 0 saturated carbocycles. The van der Waals surface area contributed by atoms with E-state index in [9.17, 15) is 4.79 Å². The second-order valence-electron chi connectivity index (χ2n) is 1.86. The molecule has 0 saturated heterocycles. The van der Waals surface area contributed by atoms with Gasteiger partial charge in [-0.1, -0.05) is 25.7 Å². The van der Waals surface area contributed by atoms with Crippen LogP contribution in [0.3, 0.4) is 0 Å². The second-order valence-corrected chi connectivity index (χ2v) is 1.86. The summed E-state index contributed by atoms with van der Waals surface area (Å²) in [6.45, 7) is 7.14. The van der Waals surface area contributed by atoms with Crippen molar-refractivity contribution in [2.75, 3.05) is 0 Å². The van der Waals surface area contributed by atoms with Gasteiger partial charge < -0.3 is 0 Å². The average molecular weight is 124 g/mol. The third-order valence-corrected chi connectivity index (χ3v) is 1.13. The van der Waals surface area contributed by atoms with Crippen LogP contribution in [0.2, 0.25) is 0 Å². The van der Waals surface area contributed by atoms with Gasteiger partial charge >= 0.3 is 0 Å². The van der Waals surface area contributed by atoms with Gasteiger partial charge in [0.25, 0.3) is 0 Å². The second kappa shape index (κ2) is 4.07. The van der Waals surface area contributed by atoms with Gasteiger partial charge in [0, 0.05) is 6.42 Å². The topological polar surface area (TPSA) is 17.1 Å². The molecule has 0 unspecified atom stereocenters. The quantitative estimate of drug-likeness (QED) is 0.416. The van der Waals surface area contributed by atoms with Gasteiger partial charge in [0.1, 0.15) is 0 Å². The number of ketones is 1. The molecule has 0 atom stereocenters. The molecule has 0 aromatic heterocycles. The van der Waals surface area contributed by atoms with E-state index >= 15 is 0 Å². The van der Waals surface area contributed by atoms with E-state index in [0.717, 1.165) is 5.57 Å². The van der Waals surface area contributed by atoms with E-state index < -0.39 is 0 Å². The van der Waals surface area contributed by atoms with Gasteiger partial charge in [0.05, 0.1) is 0 Å². The van der Waals surface area contributed by atoms with Crippen LogP contribution in [0.1, 0.15) is 20.3 Å². The van der Waals surface area contributed by atoms with E-state index in [1.54, 1.807) is 19.1 Å². The Morgan fingerprint density at radius 2 is 2.22 bits per heavy atom. The number of Topliss-reactive ketones (excluding diaryl/α,β-unsaturated/α-hetero) is 1. The summed E-state index contributed by atoms with van der Waals surface area (Å²) < 4.78 is 0. The number of hydrogen-bond donors (Lipinski definition) is 0. The van der Waals surface area contributed by atoms with Gasteiger partial charge in [-0.25, -0.2) is 0 Å². The fraction of sp³-hybridized carbons (Fsp3) is 0.375. The van der Waals surface area contributed by atoms with Gasteiger partial charge in [-0.2, -0.15) is 0 Å². The average Bonchev–Trinajstić information content (AvgIpc) is 1.87. The minimum atomic E-state index is 0.190. The van der Waals surface area contributed by atoms with E-state index in [1.807, 2.05) is 6.92 Å². The molecule has 0 aromatic carbocycles. The molecule has 0 aliphatic rings. The molecule has 0 fully saturated rings. The minimum absolute atomic E-state index is 0.190. The van der Waals surface area contributed by atoms with Crippen LogP contribution in [0, 0.1) is 0 Å². The van der Waals surface area contributed by atoms with E-state index in [1.165, 1.54) is 0 Å². The first-order chi connectivity index (χ1) is 4.22. The highest BCUT2D eigenvalue weighted by atomic mass is 16.1. The Morgan fingerprint density at radius 3 is 2.56 bits per heavy atom. The van der Waals surface area contributed by atoms with Crippen molar-refractivity contribution in [1.29, 1.82) is 0 Å². The molecule has 0 aliphatic carbocycles. The molecule has 0 heterocycles. The van der Waals surface area contributed by atoms with Crippen molar-refractivity contribution >= 4 is 5.78 Å². The van der Waals surface area contributed by atoms with Crippen molar-refractivity contribution in [2.24, 2.45) is 0 Å². The van der Waals surface area contributed by atoms with Gasteiger partial charge in [-0.15, -0.1) is 0 Å². The zero-order chi connectivity index (χ0) is 7.28. The van der Waals surface area contributed by atoms with Gasteiger partial charge in [-0.3, -0.25) is 4.79 Å². The maximum absolute atomic E-state index is 10.8. The van der Waals surface area contributed by atoms with Gasteiger partial charge in [0.15, 0.2) is 5.78 Å². The lowest BCUT2D eigenvalue weighted by Crippen LogP contribution is -1.94. The van der Waals surface area contributed by atoms with E-state index in [0.29, 0.717) is 6.42 Å². The smallest absolute Gasteiger partial charge is 0.158 e. The summed E-state index contributed by atoms with van der Waals surface area (Å²) in [5.74, 6) is 0.190. The molecule has 0 radical (unpaired) electrons. The summed E-state index contributed by atoms with van der Waals surface area (Å²) in [5.41, 5.74) is 0.785. The highest BCUT2D eigenvalue weighted by molar-refractivity contribution is 5.94. The molecule has 50 valence electrons. The highest BCUT2D eigenvalue weighted by Crippen LogP contribution is 1.97. The van der Waals surface area contributed by atoms with E-state index in [4.69, 9.17) is 0 Å². The van der Waals surface area contributed by atoms with Crippen molar-refractivity contribution in [1.82, 2.24) is 0 Å². The molecular weight excluding hydrogens is 112 g/mol. The van der Waals surface area contributed by atoms with Crippen LogP contribution in [0.4, 0.5) is 0 Å². The van der Waals surface area contributed by atoms with Crippen molar-refractivity contribution in [2.45, 2.75) is 20.3 Å². The maximum Gasteiger partial charge on any atom is 0.158 e. The van der Waals surface area contributed by atoms with Crippen LogP contribution in [0.15, 0.2) is 24.3 Å². The lowest BCUT2D eigenvalue weighted by atomic mass is 10.1. The molecular formula is C8H12O. The Labute approximate surface area is 56.1 Å². The summed E-state index contributed by atoms with van der Waals surface area (Å²) in [4.78, 5) is 10.8. The van der Waals surface area contributed by atoms with Crippen LogP contribution in [-0.2, 0) is 4.79 Å². The Hall–Kier alpha value is -0.850. The van der Waals surface area contributed by atoms with Gasteiger partial charge in [-0.05, 0) is 12.5 Å². The molecule has 1 nitrogen and oxygen atoms in total. The summed E-state index contributed by atoms with van der Waals surface area (Å²) in [7, 11) is 0. The standard InChI is InChI=1S/C8H12O/c1-4-6-7(3)8(9)5-2/h4,6H,1,5H2,2-3H3. The highest BCUT2D eigenvalue weighted by Gasteiger charge is 1.96. The molecule has 0 spiro atoms. The molecule has 0 rings (SSSR count). The van der Waals surface area contributed by atoms with Crippen LogP contribution < -0.4 is 0 Å².